The number of hydrogen-bond donors (Lipinski definition) is 2. The fourth-order valence-corrected chi connectivity index (χ4v) is 1.63. The van der Waals surface area contributed by atoms with Crippen LogP contribution >= 0.6 is 12.2 Å². The molecule has 1 heterocycles. The van der Waals surface area contributed by atoms with Crippen LogP contribution in [0.2, 0.25) is 0 Å². The predicted octanol–water partition coefficient (Wildman–Crippen LogP) is 1.85. The van der Waals surface area contributed by atoms with E-state index in [1.165, 1.54) is 11.8 Å². The van der Waals surface area contributed by atoms with Gasteiger partial charge in [-0.15, -0.1) is 0 Å². The Kier molecular flexibility index (Phi) is 3.42. The lowest BCUT2D eigenvalue weighted by Gasteiger charge is -2.03. The van der Waals surface area contributed by atoms with E-state index >= 15 is 0 Å². The van der Waals surface area contributed by atoms with Gasteiger partial charge < -0.3 is 9.84 Å². The number of hydrogen-bond acceptors (Lipinski definition) is 5. The second kappa shape index (κ2) is 5.01. The second-order valence-corrected chi connectivity index (χ2v) is 3.95. The predicted molar refractivity (Wildman–Crippen MR) is 69.8 cm³/mol. The maximum Gasteiger partial charge on any atom is 0.216 e. The minimum atomic E-state index is 0.0887. The summed E-state index contributed by atoms with van der Waals surface area (Å²) in [6.45, 7) is 1.79. The first-order chi connectivity index (χ1) is 8.61. The maximum atomic E-state index is 9.47. The largest absolute Gasteiger partial charge is 0.504 e. The first kappa shape index (κ1) is 12.3. The zero-order valence-electron chi connectivity index (χ0n) is 9.91. The lowest BCUT2D eigenvalue weighted by Crippen LogP contribution is -1.94. The number of rotatable bonds is 3. The van der Waals surface area contributed by atoms with Gasteiger partial charge in [-0.2, -0.15) is 14.9 Å². The van der Waals surface area contributed by atoms with Crippen LogP contribution in [0.1, 0.15) is 11.4 Å². The van der Waals surface area contributed by atoms with Gasteiger partial charge in [0.2, 0.25) is 4.77 Å². The van der Waals surface area contributed by atoms with Crippen LogP contribution in [0.4, 0.5) is 0 Å². The molecule has 0 aliphatic heterocycles. The monoisotopic (exact) mass is 264 g/mol. The molecule has 18 heavy (non-hydrogen) atoms. The van der Waals surface area contributed by atoms with E-state index in [9.17, 15) is 5.11 Å². The molecule has 0 aliphatic rings. The van der Waals surface area contributed by atoms with E-state index in [2.05, 4.69) is 15.3 Å². The highest BCUT2D eigenvalue weighted by Crippen LogP contribution is 2.25. The molecule has 2 aromatic rings. The molecule has 0 amide bonds. The van der Waals surface area contributed by atoms with Crippen LogP contribution < -0.4 is 4.74 Å². The normalized spacial score (nSPS) is 11.0. The van der Waals surface area contributed by atoms with Crippen molar-refractivity contribution in [3.05, 3.63) is 34.4 Å². The number of nitrogens with zero attached hydrogens (tertiary/aromatic N) is 3. The molecule has 0 radical (unpaired) electrons. The zero-order valence-corrected chi connectivity index (χ0v) is 10.7. The van der Waals surface area contributed by atoms with E-state index in [0.717, 1.165) is 5.56 Å². The lowest BCUT2D eigenvalue weighted by molar-refractivity contribution is 0.373. The highest BCUT2D eigenvalue weighted by molar-refractivity contribution is 7.71. The van der Waals surface area contributed by atoms with Gasteiger partial charge in [-0.05, 0) is 42.9 Å². The van der Waals surface area contributed by atoms with Crippen LogP contribution in [0.3, 0.4) is 0 Å². The molecule has 0 aliphatic carbocycles. The van der Waals surface area contributed by atoms with Crippen LogP contribution in [0.15, 0.2) is 23.3 Å². The van der Waals surface area contributed by atoms with Gasteiger partial charge in [0.15, 0.2) is 11.5 Å². The summed E-state index contributed by atoms with van der Waals surface area (Å²) in [4.78, 5) is 0. The molecule has 0 atom stereocenters. The summed E-state index contributed by atoms with van der Waals surface area (Å²) in [6.07, 6.45) is 1.61. The van der Waals surface area contributed by atoms with Gasteiger partial charge in [0.05, 0.1) is 13.3 Å². The van der Waals surface area contributed by atoms with E-state index in [-0.39, 0.29) is 5.75 Å². The number of benzene rings is 1. The highest BCUT2D eigenvalue weighted by atomic mass is 32.1. The van der Waals surface area contributed by atoms with E-state index in [1.807, 2.05) is 0 Å². The molecule has 0 saturated carbocycles. The number of aromatic nitrogens is 3. The molecule has 7 heteroatoms. The number of aromatic hydroxyl groups is 1. The van der Waals surface area contributed by atoms with Crippen molar-refractivity contribution in [2.75, 3.05) is 7.11 Å². The quantitative estimate of drug-likeness (QED) is 0.655. The number of aromatic amines is 1. The standard InChI is InChI=1S/C11H12N4O2S/c1-7-13-14-11(18)15(7)12-6-8-3-4-9(16)10(5-8)17-2/h3-6,16H,1-2H3,(H,14,18)/b12-6+. The van der Waals surface area contributed by atoms with E-state index in [1.54, 1.807) is 31.3 Å². The second-order valence-electron chi connectivity index (χ2n) is 3.56. The Morgan fingerprint density at radius 2 is 2.33 bits per heavy atom. The van der Waals surface area contributed by atoms with Crippen molar-refractivity contribution in [2.45, 2.75) is 6.92 Å². The molecule has 0 fully saturated rings. The van der Waals surface area contributed by atoms with Crippen molar-refractivity contribution in [3.8, 4) is 11.5 Å². The first-order valence-electron chi connectivity index (χ1n) is 5.17. The molecule has 2 N–H and O–H groups in total. The maximum absolute atomic E-state index is 9.47. The molecule has 0 spiro atoms. The van der Waals surface area contributed by atoms with E-state index in [0.29, 0.717) is 16.3 Å². The van der Waals surface area contributed by atoms with Crippen molar-refractivity contribution in [2.24, 2.45) is 5.10 Å². The number of phenols is 1. The van der Waals surface area contributed by atoms with E-state index < -0.39 is 0 Å². The molecule has 94 valence electrons. The van der Waals surface area contributed by atoms with Gasteiger partial charge in [0, 0.05) is 0 Å². The van der Waals surface area contributed by atoms with Gasteiger partial charge in [-0.3, -0.25) is 5.10 Å². The average molecular weight is 264 g/mol. The van der Waals surface area contributed by atoms with Gasteiger partial charge in [0.25, 0.3) is 0 Å². The molecule has 6 nitrogen and oxygen atoms in total. The van der Waals surface area contributed by atoms with Crippen molar-refractivity contribution in [3.63, 3.8) is 0 Å². The number of H-pyrrole nitrogens is 1. The summed E-state index contributed by atoms with van der Waals surface area (Å²) in [5.74, 6) is 1.15. The Morgan fingerprint density at radius 3 is 2.94 bits per heavy atom. The molecular formula is C11H12N4O2S. The Bertz CT molecular complexity index is 645. The summed E-state index contributed by atoms with van der Waals surface area (Å²) in [5.41, 5.74) is 0.784. The SMILES string of the molecule is COc1cc(/C=N/n2c(C)n[nH]c2=S)ccc1O. The topological polar surface area (TPSA) is 75.4 Å². The van der Waals surface area contributed by atoms with Gasteiger partial charge in [0.1, 0.15) is 5.82 Å². The Hall–Kier alpha value is -2.15. The summed E-state index contributed by atoms with van der Waals surface area (Å²) >= 11 is 5.02. The van der Waals surface area contributed by atoms with Crippen LogP contribution in [0, 0.1) is 11.7 Å². The van der Waals surface area contributed by atoms with Crippen LogP contribution in [0.25, 0.3) is 0 Å². The van der Waals surface area contributed by atoms with Crippen molar-refractivity contribution in [1.82, 2.24) is 14.9 Å². The van der Waals surface area contributed by atoms with Crippen LogP contribution in [-0.2, 0) is 0 Å². The van der Waals surface area contributed by atoms with Crippen molar-refractivity contribution < 1.29 is 9.84 Å². The third-order valence-corrected chi connectivity index (χ3v) is 2.60. The van der Waals surface area contributed by atoms with E-state index in [4.69, 9.17) is 17.0 Å². The van der Waals surface area contributed by atoms with Gasteiger partial charge >= 0.3 is 0 Å². The third-order valence-electron chi connectivity index (χ3n) is 2.34. The molecule has 2 rings (SSSR count). The van der Waals surface area contributed by atoms with Gasteiger partial charge in [-0.25, -0.2) is 0 Å². The number of aryl methyl sites for hydroxylation is 1. The summed E-state index contributed by atoms with van der Waals surface area (Å²) < 4.78 is 6.95. The first-order valence-corrected chi connectivity index (χ1v) is 5.58. The highest BCUT2D eigenvalue weighted by Gasteiger charge is 2.01. The summed E-state index contributed by atoms with van der Waals surface area (Å²) in [6, 6.07) is 4.94. The minimum absolute atomic E-state index is 0.0887. The fraction of sp³-hybridized carbons (Fsp3) is 0.182. The number of ether oxygens (including phenoxy) is 1. The molecule has 0 bridgehead atoms. The van der Waals surface area contributed by atoms with Crippen molar-refractivity contribution >= 4 is 18.4 Å². The fourth-order valence-electron chi connectivity index (χ4n) is 1.41. The molecule has 1 aromatic heterocycles. The molecule has 0 unspecified atom stereocenters. The van der Waals surface area contributed by atoms with Crippen LogP contribution in [-0.4, -0.2) is 33.3 Å². The minimum Gasteiger partial charge on any atom is -0.504 e. The Balaban J connectivity index is 2.32. The Labute approximate surface area is 109 Å². The average Bonchev–Trinajstić information content (AvgIpc) is 2.68. The molecule has 0 saturated heterocycles. The summed E-state index contributed by atoms with van der Waals surface area (Å²) in [7, 11) is 1.49. The molecule has 1 aromatic carbocycles. The van der Waals surface area contributed by atoms with Crippen LogP contribution in [0.5, 0.6) is 11.5 Å². The summed E-state index contributed by atoms with van der Waals surface area (Å²) in [5, 5.41) is 20.3. The number of nitrogens with one attached hydrogen (secondary N) is 1. The zero-order chi connectivity index (χ0) is 13.1. The third kappa shape index (κ3) is 2.40. The number of phenolic OH excluding ortho intramolecular Hbond substituents is 1. The van der Waals surface area contributed by atoms with Crippen molar-refractivity contribution in [1.29, 1.82) is 0 Å². The molecular weight excluding hydrogens is 252 g/mol. The lowest BCUT2D eigenvalue weighted by atomic mass is 10.2. The number of methoxy groups -OCH3 is 1. The van der Waals surface area contributed by atoms with Gasteiger partial charge in [-0.1, -0.05) is 0 Å². The Morgan fingerprint density at radius 1 is 1.56 bits per heavy atom. The smallest absolute Gasteiger partial charge is 0.216 e.